The SMILES string of the molecule is CCOc1nccc2c(C(=O)c3c(F)cc(C(C)(C)N)cc3F)cccc12. The van der Waals surface area contributed by atoms with Crippen molar-refractivity contribution in [3.8, 4) is 5.88 Å². The molecular formula is C21H20F2N2O2. The van der Waals surface area contributed by atoms with E-state index in [1.807, 2.05) is 6.92 Å². The van der Waals surface area contributed by atoms with Gasteiger partial charge in [0, 0.05) is 22.7 Å². The Kier molecular flexibility index (Phi) is 4.93. The third-order valence-corrected chi connectivity index (χ3v) is 4.31. The number of hydrogen-bond donors (Lipinski definition) is 1. The van der Waals surface area contributed by atoms with Crippen molar-refractivity contribution in [2.45, 2.75) is 26.3 Å². The molecule has 0 aliphatic rings. The second kappa shape index (κ2) is 7.04. The van der Waals surface area contributed by atoms with E-state index in [4.69, 9.17) is 10.5 Å². The summed E-state index contributed by atoms with van der Waals surface area (Å²) in [6.45, 7) is 5.50. The quantitative estimate of drug-likeness (QED) is 0.679. The molecule has 1 aromatic heterocycles. The number of nitrogens with two attached hydrogens (primary N) is 1. The van der Waals surface area contributed by atoms with E-state index in [-0.39, 0.29) is 11.1 Å². The molecule has 1 heterocycles. The van der Waals surface area contributed by atoms with Crippen LogP contribution in [-0.2, 0) is 5.54 Å². The van der Waals surface area contributed by atoms with Gasteiger partial charge in [0.2, 0.25) is 5.88 Å². The molecule has 0 amide bonds. The number of hydrogen-bond acceptors (Lipinski definition) is 4. The van der Waals surface area contributed by atoms with Crippen LogP contribution in [-0.4, -0.2) is 17.4 Å². The van der Waals surface area contributed by atoms with E-state index in [1.54, 1.807) is 32.0 Å². The Morgan fingerprint density at radius 2 is 1.81 bits per heavy atom. The number of fused-ring (bicyclic) bond motifs is 1. The van der Waals surface area contributed by atoms with E-state index in [0.29, 0.717) is 23.3 Å². The van der Waals surface area contributed by atoms with Crippen molar-refractivity contribution in [2.24, 2.45) is 5.73 Å². The first-order valence-electron chi connectivity index (χ1n) is 8.57. The van der Waals surface area contributed by atoms with Crippen LogP contribution in [0.2, 0.25) is 0 Å². The van der Waals surface area contributed by atoms with Crippen molar-refractivity contribution in [1.82, 2.24) is 4.98 Å². The summed E-state index contributed by atoms with van der Waals surface area (Å²) in [5.74, 6) is -2.26. The van der Waals surface area contributed by atoms with Gasteiger partial charge < -0.3 is 10.5 Å². The maximum Gasteiger partial charge on any atom is 0.221 e. The predicted octanol–water partition coefficient (Wildman–Crippen LogP) is 4.34. The fraction of sp³-hybridized carbons (Fsp3) is 0.238. The highest BCUT2D eigenvalue weighted by molar-refractivity contribution is 6.17. The second-order valence-electron chi connectivity index (χ2n) is 6.82. The average Bonchev–Trinajstić information content (AvgIpc) is 2.60. The maximum atomic E-state index is 14.6. The van der Waals surface area contributed by atoms with Crippen LogP contribution in [0, 0.1) is 11.6 Å². The number of nitrogens with zero attached hydrogens (tertiary/aromatic N) is 1. The Morgan fingerprint density at radius 3 is 2.41 bits per heavy atom. The second-order valence-corrected chi connectivity index (χ2v) is 6.82. The number of aromatic nitrogens is 1. The molecular weight excluding hydrogens is 350 g/mol. The lowest BCUT2D eigenvalue weighted by molar-refractivity contribution is 0.103. The lowest BCUT2D eigenvalue weighted by atomic mass is 9.91. The summed E-state index contributed by atoms with van der Waals surface area (Å²) >= 11 is 0. The van der Waals surface area contributed by atoms with Crippen LogP contribution in [0.15, 0.2) is 42.6 Å². The largest absolute Gasteiger partial charge is 0.478 e. The number of halogens is 2. The number of carbonyl (C=O) groups excluding carboxylic acids is 1. The van der Waals surface area contributed by atoms with Crippen LogP contribution >= 0.6 is 0 Å². The summed E-state index contributed by atoms with van der Waals surface area (Å²) in [7, 11) is 0. The Hall–Kier alpha value is -2.86. The fourth-order valence-electron chi connectivity index (χ4n) is 2.93. The number of rotatable bonds is 5. The molecule has 4 nitrogen and oxygen atoms in total. The fourth-order valence-corrected chi connectivity index (χ4v) is 2.93. The van der Waals surface area contributed by atoms with Crippen molar-refractivity contribution in [3.63, 3.8) is 0 Å². The molecule has 2 N–H and O–H groups in total. The Morgan fingerprint density at radius 1 is 1.15 bits per heavy atom. The minimum Gasteiger partial charge on any atom is -0.478 e. The van der Waals surface area contributed by atoms with Gasteiger partial charge in [-0.05, 0) is 56.0 Å². The van der Waals surface area contributed by atoms with Crippen molar-refractivity contribution >= 4 is 16.6 Å². The minimum atomic E-state index is -0.940. The average molecular weight is 370 g/mol. The summed E-state index contributed by atoms with van der Waals surface area (Å²) in [4.78, 5) is 17.1. The van der Waals surface area contributed by atoms with Crippen molar-refractivity contribution in [2.75, 3.05) is 6.61 Å². The monoisotopic (exact) mass is 370 g/mol. The van der Waals surface area contributed by atoms with Gasteiger partial charge in [-0.25, -0.2) is 13.8 Å². The van der Waals surface area contributed by atoms with E-state index >= 15 is 0 Å². The molecule has 0 bridgehead atoms. The molecule has 3 aromatic rings. The third kappa shape index (κ3) is 3.53. The van der Waals surface area contributed by atoms with Crippen LogP contribution in [0.4, 0.5) is 8.78 Å². The molecule has 0 atom stereocenters. The Bertz CT molecular complexity index is 1000. The van der Waals surface area contributed by atoms with E-state index in [0.717, 1.165) is 12.1 Å². The molecule has 0 aliphatic heterocycles. The van der Waals surface area contributed by atoms with Gasteiger partial charge in [0.25, 0.3) is 0 Å². The number of pyridine rings is 1. The number of ketones is 1. The molecule has 27 heavy (non-hydrogen) atoms. The molecule has 0 fully saturated rings. The van der Waals surface area contributed by atoms with Crippen molar-refractivity contribution in [3.05, 3.63) is 70.9 Å². The summed E-state index contributed by atoms with van der Waals surface area (Å²) in [6, 6.07) is 8.74. The highest BCUT2D eigenvalue weighted by atomic mass is 19.1. The van der Waals surface area contributed by atoms with Gasteiger partial charge in [-0.1, -0.05) is 12.1 Å². The van der Waals surface area contributed by atoms with Crippen LogP contribution in [0.5, 0.6) is 5.88 Å². The van der Waals surface area contributed by atoms with Crippen LogP contribution in [0.1, 0.15) is 42.3 Å². The summed E-state index contributed by atoms with van der Waals surface area (Å²) < 4.78 is 34.7. The molecule has 2 aromatic carbocycles. The van der Waals surface area contributed by atoms with Crippen LogP contribution in [0.25, 0.3) is 10.8 Å². The Labute approximate surface area is 156 Å². The topological polar surface area (TPSA) is 65.2 Å². The summed E-state index contributed by atoms with van der Waals surface area (Å²) in [6.07, 6.45) is 1.50. The summed E-state index contributed by atoms with van der Waals surface area (Å²) in [5.41, 5.74) is 4.82. The zero-order valence-corrected chi connectivity index (χ0v) is 15.3. The zero-order chi connectivity index (χ0) is 19.8. The standard InChI is InChI=1S/C21H20F2N2O2/c1-4-27-20-15-7-5-6-14(13(15)8-9-25-20)19(26)18-16(22)10-12(11-17(18)23)21(2,3)24/h5-11H,4,24H2,1-3H3. The maximum absolute atomic E-state index is 14.6. The molecule has 0 radical (unpaired) electrons. The van der Waals surface area contributed by atoms with Gasteiger partial charge in [0.15, 0.2) is 5.78 Å². The highest BCUT2D eigenvalue weighted by Crippen LogP contribution is 2.30. The number of carbonyl (C=O) groups is 1. The summed E-state index contributed by atoms with van der Waals surface area (Å²) in [5, 5.41) is 1.12. The van der Waals surface area contributed by atoms with Crippen molar-refractivity contribution < 1.29 is 18.3 Å². The molecule has 0 unspecified atom stereocenters. The first-order chi connectivity index (χ1) is 12.7. The zero-order valence-electron chi connectivity index (χ0n) is 15.3. The highest BCUT2D eigenvalue weighted by Gasteiger charge is 2.25. The first kappa shape index (κ1) is 18.9. The minimum absolute atomic E-state index is 0.174. The molecule has 0 saturated carbocycles. The normalized spacial score (nSPS) is 11.6. The van der Waals surface area contributed by atoms with E-state index < -0.39 is 28.5 Å². The van der Waals surface area contributed by atoms with Gasteiger partial charge >= 0.3 is 0 Å². The van der Waals surface area contributed by atoms with Gasteiger partial charge in [-0.2, -0.15) is 0 Å². The molecule has 0 aliphatic carbocycles. The van der Waals surface area contributed by atoms with Crippen molar-refractivity contribution in [1.29, 1.82) is 0 Å². The molecule has 0 saturated heterocycles. The number of benzene rings is 2. The first-order valence-corrected chi connectivity index (χ1v) is 8.57. The molecule has 140 valence electrons. The van der Waals surface area contributed by atoms with Crippen LogP contribution in [0.3, 0.4) is 0 Å². The third-order valence-electron chi connectivity index (χ3n) is 4.31. The van der Waals surface area contributed by atoms with E-state index in [2.05, 4.69) is 4.98 Å². The van der Waals surface area contributed by atoms with E-state index in [9.17, 15) is 13.6 Å². The molecule has 0 spiro atoms. The van der Waals surface area contributed by atoms with Gasteiger partial charge in [0.05, 0.1) is 12.2 Å². The van der Waals surface area contributed by atoms with E-state index in [1.165, 1.54) is 12.3 Å². The lowest BCUT2D eigenvalue weighted by Crippen LogP contribution is -2.29. The lowest BCUT2D eigenvalue weighted by Gasteiger charge is -2.20. The van der Waals surface area contributed by atoms with Gasteiger partial charge in [0.1, 0.15) is 11.6 Å². The Balaban J connectivity index is 2.16. The van der Waals surface area contributed by atoms with Gasteiger partial charge in [-0.3, -0.25) is 4.79 Å². The molecule has 6 heteroatoms. The molecule has 3 rings (SSSR count). The van der Waals surface area contributed by atoms with Crippen LogP contribution < -0.4 is 10.5 Å². The number of ether oxygens (including phenoxy) is 1. The predicted molar refractivity (Wildman–Crippen MR) is 99.9 cm³/mol. The van der Waals surface area contributed by atoms with Gasteiger partial charge in [-0.15, -0.1) is 0 Å². The smallest absolute Gasteiger partial charge is 0.221 e.